The predicted octanol–water partition coefficient (Wildman–Crippen LogP) is 8.62. The minimum absolute atomic E-state index is 0.0158. The number of nitrogens with zero attached hydrogens (tertiary/aromatic N) is 5. The molecule has 2 saturated heterocycles. The molecule has 0 bridgehead atoms. The van der Waals surface area contributed by atoms with Crippen molar-refractivity contribution in [2.45, 2.75) is 43.5 Å². The molecule has 0 radical (unpaired) electrons. The Morgan fingerprint density at radius 2 is 1.61 bits per heavy atom. The molecule has 12 nitrogen and oxygen atoms in total. The molecule has 2 aromatic carbocycles. The van der Waals surface area contributed by atoms with Gasteiger partial charge >= 0.3 is 12.4 Å². The van der Waals surface area contributed by atoms with Gasteiger partial charge < -0.3 is 9.84 Å². The number of aromatic hydroxyl groups is 1. The molecule has 62 heavy (non-hydrogen) atoms. The van der Waals surface area contributed by atoms with E-state index in [1.165, 1.54) is 37.4 Å². The first kappa shape index (κ1) is 43.1. The number of phenols is 1. The van der Waals surface area contributed by atoms with Gasteiger partial charge in [-0.25, -0.2) is 9.97 Å². The number of rotatable bonds is 8. The number of fused-ring (bicyclic) bond motifs is 4. The van der Waals surface area contributed by atoms with Gasteiger partial charge in [-0.2, -0.15) is 36.4 Å². The van der Waals surface area contributed by atoms with Crippen molar-refractivity contribution in [3.63, 3.8) is 0 Å². The van der Waals surface area contributed by atoms with Gasteiger partial charge in [0.15, 0.2) is 23.1 Å². The van der Waals surface area contributed by atoms with Crippen LogP contribution in [-0.2, 0) is 36.9 Å². The van der Waals surface area contributed by atoms with Crippen LogP contribution >= 0.6 is 34.8 Å². The van der Waals surface area contributed by atoms with E-state index in [-0.39, 0.29) is 46.6 Å². The monoisotopic (exact) mass is 922 g/mol. The topological polar surface area (TPSA) is 145 Å². The Kier molecular flexibility index (Phi) is 10.7. The Hall–Kier alpha value is -5.59. The molecule has 4 aromatic rings. The van der Waals surface area contributed by atoms with Crippen molar-refractivity contribution >= 4 is 70.1 Å². The third-order valence-electron chi connectivity index (χ3n) is 11.9. The van der Waals surface area contributed by atoms with Gasteiger partial charge in [-0.3, -0.25) is 29.6 Å². The Balaban J connectivity index is 1.29. The standard InChI is InChI=1S/C41H31Cl3F6N6O6/c1-3-62-29-14-18(4-12-28(29)57)32-22-9-10-23-31(37(60)56(35(23)58)54(2)34-26(43)11-13-30(52-34)41(48,49)50)24(22)16-25-36(59)55(38(61)39(25,32)19-5-7-21(42)8-6-19)53-33-27(44)15-20(17-51-33)40(45,46)47/h4-9,11-15,17,23-25,31-32,57H,3,10,16H2,1-2H3,(H,51,53). The van der Waals surface area contributed by atoms with E-state index < -0.39 is 98.9 Å². The Morgan fingerprint density at radius 3 is 2.26 bits per heavy atom. The molecule has 21 heteroatoms. The number of hydrogen-bond acceptors (Lipinski definition) is 10. The molecule has 8 rings (SSSR count). The summed E-state index contributed by atoms with van der Waals surface area (Å²) in [6, 6.07) is 12.6. The van der Waals surface area contributed by atoms with Crippen molar-refractivity contribution in [3.05, 3.63) is 116 Å². The summed E-state index contributed by atoms with van der Waals surface area (Å²) in [5.41, 5.74) is -0.820. The van der Waals surface area contributed by atoms with Crippen molar-refractivity contribution in [1.29, 1.82) is 0 Å². The van der Waals surface area contributed by atoms with Crippen molar-refractivity contribution in [1.82, 2.24) is 20.0 Å². The van der Waals surface area contributed by atoms with Gasteiger partial charge in [0.1, 0.15) is 5.69 Å². The molecular formula is C41H31Cl3F6N6O6. The molecule has 0 spiro atoms. The lowest BCUT2D eigenvalue weighted by Crippen LogP contribution is -2.53. The Labute approximate surface area is 362 Å². The number of ether oxygens (including phenoxy) is 1. The quantitative estimate of drug-likeness (QED) is 0.100. The van der Waals surface area contributed by atoms with E-state index in [4.69, 9.17) is 39.5 Å². The number of phenolic OH excluding ortho intramolecular Hbond substituents is 1. The average molecular weight is 924 g/mol. The van der Waals surface area contributed by atoms with E-state index in [2.05, 4.69) is 15.4 Å². The molecule has 4 aliphatic rings. The minimum atomic E-state index is -4.89. The Morgan fingerprint density at radius 1 is 0.903 bits per heavy atom. The van der Waals surface area contributed by atoms with Crippen LogP contribution in [0.1, 0.15) is 48.1 Å². The van der Waals surface area contributed by atoms with Crippen molar-refractivity contribution in [2.24, 2.45) is 23.7 Å². The molecule has 2 N–H and O–H groups in total. The van der Waals surface area contributed by atoms with Gasteiger partial charge in [-0.1, -0.05) is 64.7 Å². The predicted molar refractivity (Wildman–Crippen MR) is 211 cm³/mol. The fourth-order valence-electron chi connectivity index (χ4n) is 9.33. The smallest absolute Gasteiger partial charge is 0.433 e. The summed E-state index contributed by atoms with van der Waals surface area (Å²) in [6.07, 6.45) is -7.87. The second-order valence-corrected chi connectivity index (χ2v) is 16.3. The van der Waals surface area contributed by atoms with E-state index in [0.717, 1.165) is 11.1 Å². The van der Waals surface area contributed by atoms with Gasteiger partial charge in [0.2, 0.25) is 0 Å². The van der Waals surface area contributed by atoms with E-state index in [1.54, 1.807) is 25.1 Å². The van der Waals surface area contributed by atoms with E-state index in [1.807, 2.05) is 0 Å². The number of amides is 4. The number of nitrogens with one attached hydrogen (secondary N) is 1. The van der Waals surface area contributed by atoms with Crippen molar-refractivity contribution in [3.8, 4) is 11.5 Å². The highest BCUT2D eigenvalue weighted by Gasteiger charge is 2.70. The van der Waals surface area contributed by atoms with Crippen molar-refractivity contribution in [2.75, 3.05) is 24.1 Å². The summed E-state index contributed by atoms with van der Waals surface area (Å²) >= 11 is 18.9. The molecule has 324 valence electrons. The number of pyridine rings is 2. The number of alkyl halides is 6. The number of hydrazine groups is 2. The van der Waals surface area contributed by atoms with Crippen LogP contribution in [0, 0.1) is 23.7 Å². The fraction of sp³-hybridized carbons (Fsp3) is 0.317. The van der Waals surface area contributed by atoms with E-state index >= 15 is 4.79 Å². The van der Waals surface area contributed by atoms with Crippen LogP contribution in [0.3, 0.4) is 0 Å². The molecule has 2 aromatic heterocycles. The summed E-state index contributed by atoms with van der Waals surface area (Å²) in [5.74, 6) is -10.4. The average Bonchev–Trinajstić information content (AvgIpc) is 3.59. The molecule has 3 fully saturated rings. The number of imide groups is 2. The zero-order chi connectivity index (χ0) is 44.8. The maximum Gasteiger partial charge on any atom is 0.433 e. The van der Waals surface area contributed by atoms with Gasteiger partial charge in [-0.15, -0.1) is 0 Å². The normalized spacial score (nSPS) is 24.8. The van der Waals surface area contributed by atoms with Gasteiger partial charge in [-0.05, 0) is 79.3 Å². The molecule has 6 unspecified atom stereocenters. The van der Waals surface area contributed by atoms with E-state index in [0.29, 0.717) is 39.5 Å². The highest BCUT2D eigenvalue weighted by atomic mass is 35.5. The van der Waals surface area contributed by atoms with Crippen LogP contribution in [0.4, 0.5) is 38.0 Å². The molecular weight excluding hydrogens is 893 g/mol. The lowest BCUT2D eigenvalue weighted by Gasteiger charge is -2.50. The van der Waals surface area contributed by atoms with Crippen LogP contribution < -0.4 is 15.2 Å². The number of benzene rings is 2. The summed E-state index contributed by atoms with van der Waals surface area (Å²) in [5, 5.41) is 12.4. The second kappa shape index (κ2) is 15.3. The minimum Gasteiger partial charge on any atom is -0.504 e. The number of halogens is 9. The maximum atomic E-state index is 15.4. The number of aromatic nitrogens is 2. The lowest BCUT2D eigenvalue weighted by molar-refractivity contribution is -0.142. The molecule has 4 amide bonds. The van der Waals surface area contributed by atoms with Crippen LogP contribution in [-0.4, -0.2) is 62.4 Å². The van der Waals surface area contributed by atoms with Gasteiger partial charge in [0, 0.05) is 24.2 Å². The number of hydrogen-bond donors (Lipinski definition) is 2. The highest BCUT2D eigenvalue weighted by molar-refractivity contribution is 6.33. The molecule has 6 atom stereocenters. The summed E-state index contributed by atoms with van der Waals surface area (Å²) < 4.78 is 87.6. The zero-order valence-corrected chi connectivity index (χ0v) is 34.3. The number of carbonyl (C=O) groups is 4. The molecule has 2 aliphatic carbocycles. The lowest BCUT2D eigenvalue weighted by atomic mass is 9.49. The summed E-state index contributed by atoms with van der Waals surface area (Å²) in [7, 11) is 1.17. The van der Waals surface area contributed by atoms with Crippen molar-refractivity contribution < 1.29 is 55.4 Å². The first-order valence-electron chi connectivity index (χ1n) is 18.8. The molecule has 1 saturated carbocycles. The van der Waals surface area contributed by atoms with Crippen LogP contribution in [0.2, 0.25) is 15.1 Å². The number of anilines is 2. The zero-order valence-electron chi connectivity index (χ0n) is 32.1. The van der Waals surface area contributed by atoms with Crippen LogP contribution in [0.25, 0.3) is 0 Å². The maximum absolute atomic E-state index is 15.4. The first-order chi connectivity index (χ1) is 29.2. The summed E-state index contributed by atoms with van der Waals surface area (Å²) in [4.78, 5) is 66.7. The van der Waals surface area contributed by atoms with Crippen LogP contribution in [0.5, 0.6) is 11.5 Å². The third-order valence-corrected chi connectivity index (χ3v) is 12.7. The SMILES string of the molecule is CCOc1cc(C2C3=CCC4C(=O)N(N(C)c5nc(C(F)(F)F)ccc5Cl)C(=O)C4C3CC3C(=O)N(Nc4ncc(C(F)(F)F)cc4Cl)C(=O)C32c2ccc(Cl)cc2)ccc1O. The number of carbonyl (C=O) groups excluding carboxylic acids is 4. The molecule has 4 heterocycles. The largest absolute Gasteiger partial charge is 0.504 e. The van der Waals surface area contributed by atoms with Gasteiger partial charge in [0.05, 0.1) is 45.4 Å². The summed E-state index contributed by atoms with van der Waals surface area (Å²) in [6.45, 7) is 1.79. The second-order valence-electron chi connectivity index (χ2n) is 15.1. The van der Waals surface area contributed by atoms with Crippen LogP contribution in [0.15, 0.2) is 78.5 Å². The van der Waals surface area contributed by atoms with Gasteiger partial charge in [0.25, 0.3) is 23.6 Å². The Bertz CT molecular complexity index is 2580. The van der Waals surface area contributed by atoms with E-state index in [9.17, 15) is 45.8 Å². The third kappa shape index (κ3) is 6.77. The molecule has 2 aliphatic heterocycles. The first-order valence-corrected chi connectivity index (χ1v) is 20.0. The number of allylic oxidation sites excluding steroid dienone is 2. The highest BCUT2D eigenvalue weighted by Crippen LogP contribution is 2.64. The fourth-order valence-corrected chi connectivity index (χ4v) is 9.89.